The fourth-order valence-corrected chi connectivity index (χ4v) is 1.14. The lowest BCUT2D eigenvalue weighted by Gasteiger charge is -2.00. The summed E-state index contributed by atoms with van der Waals surface area (Å²) in [7, 11) is 0. The predicted molar refractivity (Wildman–Crippen MR) is 52.7 cm³/mol. The zero-order valence-corrected chi connectivity index (χ0v) is 8.18. The van der Waals surface area contributed by atoms with Gasteiger partial charge in [-0.3, -0.25) is 0 Å². The van der Waals surface area contributed by atoms with Crippen LogP contribution in [0.25, 0.3) is 6.08 Å². The Morgan fingerprint density at radius 1 is 1.57 bits per heavy atom. The van der Waals surface area contributed by atoms with E-state index < -0.39 is 11.8 Å². The molecular formula is C10H8ClFO2. The molecule has 0 heterocycles. The van der Waals surface area contributed by atoms with Gasteiger partial charge < -0.3 is 5.11 Å². The van der Waals surface area contributed by atoms with E-state index in [4.69, 9.17) is 16.7 Å². The van der Waals surface area contributed by atoms with Gasteiger partial charge in [-0.2, -0.15) is 0 Å². The molecular weight excluding hydrogens is 207 g/mol. The lowest BCUT2D eigenvalue weighted by Crippen LogP contribution is -1.96. The second-order valence-electron chi connectivity index (χ2n) is 2.77. The van der Waals surface area contributed by atoms with Gasteiger partial charge in [0.2, 0.25) is 0 Å². The quantitative estimate of drug-likeness (QED) is 0.769. The second kappa shape index (κ2) is 4.24. The molecule has 0 spiro atoms. The average Bonchev–Trinajstić information content (AvgIpc) is 2.11. The molecule has 2 nitrogen and oxygen atoms in total. The van der Waals surface area contributed by atoms with Crippen molar-refractivity contribution >= 4 is 23.6 Å². The molecule has 1 rings (SSSR count). The van der Waals surface area contributed by atoms with Crippen LogP contribution in [-0.4, -0.2) is 11.1 Å². The van der Waals surface area contributed by atoms with Crippen LogP contribution in [0.4, 0.5) is 4.39 Å². The highest BCUT2D eigenvalue weighted by molar-refractivity contribution is 6.32. The smallest absolute Gasteiger partial charge is 0.331 e. The van der Waals surface area contributed by atoms with Crippen molar-refractivity contribution in [1.82, 2.24) is 0 Å². The van der Waals surface area contributed by atoms with E-state index in [-0.39, 0.29) is 16.2 Å². The van der Waals surface area contributed by atoms with Crippen molar-refractivity contribution in [2.45, 2.75) is 6.92 Å². The van der Waals surface area contributed by atoms with Crippen LogP contribution >= 0.6 is 11.6 Å². The molecule has 1 aromatic carbocycles. The van der Waals surface area contributed by atoms with Crippen molar-refractivity contribution in [3.63, 3.8) is 0 Å². The SMILES string of the molecule is C/C(=C/c1c(F)cccc1Cl)C(=O)O. The standard InChI is InChI=1S/C10H8ClFO2/c1-6(10(13)14)5-7-8(11)3-2-4-9(7)12/h2-5H,1H3,(H,13,14)/b6-5-. The highest BCUT2D eigenvalue weighted by Gasteiger charge is 2.06. The van der Waals surface area contributed by atoms with Gasteiger partial charge in [0.05, 0.1) is 5.02 Å². The minimum absolute atomic E-state index is 0.0389. The number of carboxylic acids is 1. The third-order valence-corrected chi connectivity index (χ3v) is 2.03. The van der Waals surface area contributed by atoms with Crippen LogP contribution in [0.15, 0.2) is 23.8 Å². The number of halogens is 2. The summed E-state index contributed by atoms with van der Waals surface area (Å²) in [4.78, 5) is 10.5. The Morgan fingerprint density at radius 3 is 2.71 bits per heavy atom. The summed E-state index contributed by atoms with van der Waals surface area (Å²) in [6, 6.07) is 4.20. The molecule has 1 aromatic rings. The van der Waals surface area contributed by atoms with Crippen LogP contribution in [0.5, 0.6) is 0 Å². The van der Waals surface area contributed by atoms with E-state index in [0.717, 1.165) is 0 Å². The van der Waals surface area contributed by atoms with Gasteiger partial charge in [0.1, 0.15) is 5.82 Å². The van der Waals surface area contributed by atoms with E-state index in [9.17, 15) is 9.18 Å². The number of aliphatic carboxylic acids is 1. The van der Waals surface area contributed by atoms with Crippen molar-refractivity contribution in [3.8, 4) is 0 Å². The number of carboxylic acid groups (broad SMARTS) is 1. The number of benzene rings is 1. The third-order valence-electron chi connectivity index (χ3n) is 1.70. The van der Waals surface area contributed by atoms with E-state index in [2.05, 4.69) is 0 Å². The Labute approximate surface area is 85.6 Å². The molecule has 0 aromatic heterocycles. The molecule has 0 saturated carbocycles. The number of rotatable bonds is 2. The minimum Gasteiger partial charge on any atom is -0.478 e. The molecule has 4 heteroatoms. The molecule has 0 aliphatic rings. The normalized spacial score (nSPS) is 11.5. The van der Waals surface area contributed by atoms with E-state index in [1.54, 1.807) is 0 Å². The zero-order chi connectivity index (χ0) is 10.7. The molecule has 0 aliphatic carbocycles. The van der Waals surface area contributed by atoms with Gasteiger partial charge in [-0.25, -0.2) is 9.18 Å². The van der Waals surface area contributed by atoms with Crippen LogP contribution in [0.2, 0.25) is 5.02 Å². The van der Waals surface area contributed by atoms with Gasteiger partial charge >= 0.3 is 5.97 Å². The van der Waals surface area contributed by atoms with Gasteiger partial charge in [-0.05, 0) is 25.1 Å². The number of carbonyl (C=O) groups is 1. The van der Waals surface area contributed by atoms with Gasteiger partial charge in [0.25, 0.3) is 0 Å². The zero-order valence-electron chi connectivity index (χ0n) is 7.42. The van der Waals surface area contributed by atoms with Crippen molar-refractivity contribution < 1.29 is 14.3 Å². The fourth-order valence-electron chi connectivity index (χ4n) is 0.927. The summed E-state index contributed by atoms with van der Waals surface area (Å²) in [6.45, 7) is 1.38. The molecule has 0 amide bonds. The summed E-state index contributed by atoms with van der Waals surface area (Å²) >= 11 is 5.70. The molecule has 74 valence electrons. The average molecular weight is 215 g/mol. The van der Waals surface area contributed by atoms with Crippen LogP contribution in [0.1, 0.15) is 12.5 Å². The molecule has 0 aliphatic heterocycles. The van der Waals surface area contributed by atoms with E-state index in [1.165, 1.54) is 31.2 Å². The number of hydrogen-bond acceptors (Lipinski definition) is 1. The lowest BCUT2D eigenvalue weighted by molar-refractivity contribution is -0.132. The Morgan fingerprint density at radius 2 is 2.21 bits per heavy atom. The minimum atomic E-state index is -1.09. The highest BCUT2D eigenvalue weighted by Crippen LogP contribution is 2.21. The van der Waals surface area contributed by atoms with Crippen LogP contribution in [0.3, 0.4) is 0 Å². The molecule has 0 atom stereocenters. The van der Waals surface area contributed by atoms with Crippen molar-refractivity contribution in [2.24, 2.45) is 0 Å². The van der Waals surface area contributed by atoms with E-state index >= 15 is 0 Å². The van der Waals surface area contributed by atoms with Crippen molar-refractivity contribution in [3.05, 3.63) is 40.2 Å². The molecule has 0 radical (unpaired) electrons. The fraction of sp³-hybridized carbons (Fsp3) is 0.100. The summed E-state index contributed by atoms with van der Waals surface area (Å²) in [6.07, 6.45) is 1.21. The maximum Gasteiger partial charge on any atom is 0.331 e. The van der Waals surface area contributed by atoms with Gasteiger partial charge in [0.15, 0.2) is 0 Å². The van der Waals surface area contributed by atoms with Crippen LogP contribution < -0.4 is 0 Å². The summed E-state index contributed by atoms with van der Waals surface area (Å²) < 4.78 is 13.2. The molecule has 14 heavy (non-hydrogen) atoms. The van der Waals surface area contributed by atoms with Crippen molar-refractivity contribution in [2.75, 3.05) is 0 Å². The predicted octanol–water partition coefficient (Wildman–Crippen LogP) is 2.97. The summed E-state index contributed by atoms with van der Waals surface area (Å²) in [5, 5.41) is 8.79. The lowest BCUT2D eigenvalue weighted by atomic mass is 10.1. The second-order valence-corrected chi connectivity index (χ2v) is 3.18. The van der Waals surface area contributed by atoms with Gasteiger partial charge in [-0.1, -0.05) is 17.7 Å². The van der Waals surface area contributed by atoms with E-state index in [1.807, 2.05) is 0 Å². The Balaban J connectivity index is 3.20. The molecule has 1 N–H and O–H groups in total. The summed E-state index contributed by atoms with van der Waals surface area (Å²) in [5.74, 6) is -1.62. The Hall–Kier alpha value is -1.35. The first kappa shape index (κ1) is 10.7. The van der Waals surface area contributed by atoms with Crippen LogP contribution in [-0.2, 0) is 4.79 Å². The largest absolute Gasteiger partial charge is 0.478 e. The Bertz CT molecular complexity index is 379. The first-order valence-corrected chi connectivity index (χ1v) is 4.26. The maximum absolute atomic E-state index is 13.2. The molecule has 0 saturated heterocycles. The number of hydrogen-bond donors (Lipinski definition) is 1. The first-order chi connectivity index (χ1) is 6.52. The topological polar surface area (TPSA) is 37.3 Å². The molecule has 0 bridgehead atoms. The highest BCUT2D eigenvalue weighted by atomic mass is 35.5. The third kappa shape index (κ3) is 2.33. The van der Waals surface area contributed by atoms with Crippen molar-refractivity contribution in [1.29, 1.82) is 0 Å². The van der Waals surface area contributed by atoms with Crippen LogP contribution in [0, 0.1) is 5.82 Å². The molecule has 0 fully saturated rings. The molecule has 0 unspecified atom stereocenters. The summed E-state index contributed by atoms with van der Waals surface area (Å²) in [5.41, 5.74) is 0.145. The van der Waals surface area contributed by atoms with Gasteiger partial charge in [0, 0.05) is 11.1 Å². The monoisotopic (exact) mass is 214 g/mol. The first-order valence-electron chi connectivity index (χ1n) is 3.88. The van der Waals surface area contributed by atoms with E-state index in [0.29, 0.717) is 0 Å². The maximum atomic E-state index is 13.2. The Kier molecular flexibility index (Phi) is 3.25. The van der Waals surface area contributed by atoms with Gasteiger partial charge in [-0.15, -0.1) is 0 Å².